The lowest BCUT2D eigenvalue weighted by Crippen LogP contribution is -2.13. The monoisotopic (exact) mass is 282 g/mol. The van der Waals surface area contributed by atoms with Gasteiger partial charge in [0, 0.05) is 6.20 Å². The minimum absolute atomic E-state index is 0.0401. The number of rotatable bonds is 3. The normalized spacial score (nSPS) is 10.4. The number of hydrogen-bond acceptors (Lipinski definition) is 6. The zero-order valence-corrected chi connectivity index (χ0v) is 10.3. The zero-order chi connectivity index (χ0) is 14.2. The molecule has 0 fully saturated rings. The van der Waals surface area contributed by atoms with Crippen molar-refractivity contribution in [1.82, 2.24) is 19.7 Å². The molecule has 9 nitrogen and oxygen atoms in total. The van der Waals surface area contributed by atoms with Gasteiger partial charge in [0.05, 0.1) is 4.92 Å². The number of aryl methyl sites for hydroxylation is 1. The first-order valence-corrected chi connectivity index (χ1v) is 5.32. The van der Waals surface area contributed by atoms with E-state index in [2.05, 4.69) is 15.1 Å². The first-order chi connectivity index (χ1) is 8.90. The number of primary amides is 1. The van der Waals surface area contributed by atoms with E-state index in [-0.39, 0.29) is 28.2 Å². The van der Waals surface area contributed by atoms with Crippen LogP contribution in [0.25, 0.3) is 5.82 Å². The standard InChI is InChI=1S/C9H7ClN6O3/c1-4-6(16(18)19)8(13-9(10)12-4)15-3-2-5(14-15)7(11)17/h2-3H,1H3,(H2,11,17). The Morgan fingerprint density at radius 3 is 2.74 bits per heavy atom. The highest BCUT2D eigenvalue weighted by Gasteiger charge is 2.24. The van der Waals surface area contributed by atoms with E-state index in [0.29, 0.717) is 0 Å². The molecule has 2 rings (SSSR count). The molecule has 2 aromatic heterocycles. The van der Waals surface area contributed by atoms with Gasteiger partial charge < -0.3 is 5.73 Å². The molecule has 0 aliphatic heterocycles. The summed E-state index contributed by atoms with van der Waals surface area (Å²) >= 11 is 5.67. The molecule has 0 radical (unpaired) electrons. The van der Waals surface area contributed by atoms with Crippen molar-refractivity contribution >= 4 is 23.2 Å². The van der Waals surface area contributed by atoms with Crippen molar-refractivity contribution in [3.8, 4) is 5.82 Å². The maximum absolute atomic E-state index is 11.0. The van der Waals surface area contributed by atoms with Gasteiger partial charge in [0.15, 0.2) is 0 Å². The molecule has 0 unspecified atom stereocenters. The molecule has 0 atom stereocenters. The minimum atomic E-state index is -0.752. The number of nitrogens with two attached hydrogens (primary N) is 1. The fourth-order valence-electron chi connectivity index (χ4n) is 1.47. The fourth-order valence-corrected chi connectivity index (χ4v) is 1.67. The molecule has 0 bridgehead atoms. The fraction of sp³-hybridized carbons (Fsp3) is 0.111. The Bertz CT molecular complexity index is 683. The van der Waals surface area contributed by atoms with Crippen molar-refractivity contribution in [2.24, 2.45) is 5.73 Å². The molecule has 1 amide bonds. The molecule has 0 aromatic carbocycles. The molecule has 0 aliphatic carbocycles. The molecule has 0 saturated heterocycles. The van der Waals surface area contributed by atoms with Crippen LogP contribution in [0.1, 0.15) is 16.2 Å². The second kappa shape index (κ2) is 4.61. The van der Waals surface area contributed by atoms with Gasteiger partial charge in [-0.3, -0.25) is 14.9 Å². The molecule has 0 aliphatic rings. The predicted octanol–water partition coefficient (Wildman–Crippen LogP) is 0.631. The van der Waals surface area contributed by atoms with Gasteiger partial charge in [0.2, 0.25) is 11.1 Å². The maximum Gasteiger partial charge on any atom is 0.334 e. The summed E-state index contributed by atoms with van der Waals surface area (Å²) in [6.45, 7) is 1.42. The van der Waals surface area contributed by atoms with Crippen LogP contribution >= 0.6 is 11.6 Å². The number of aromatic nitrogens is 4. The van der Waals surface area contributed by atoms with Crippen LogP contribution in [0.5, 0.6) is 0 Å². The van der Waals surface area contributed by atoms with Crippen LogP contribution < -0.4 is 5.73 Å². The van der Waals surface area contributed by atoms with E-state index in [9.17, 15) is 14.9 Å². The SMILES string of the molecule is Cc1nc(Cl)nc(-n2ccc(C(N)=O)n2)c1[N+](=O)[O-]. The summed E-state index contributed by atoms with van der Waals surface area (Å²) < 4.78 is 1.05. The van der Waals surface area contributed by atoms with Crippen LogP contribution in [-0.2, 0) is 0 Å². The third kappa shape index (κ3) is 2.36. The van der Waals surface area contributed by atoms with Gasteiger partial charge in [-0.05, 0) is 24.6 Å². The van der Waals surface area contributed by atoms with Gasteiger partial charge in [-0.25, -0.2) is 9.67 Å². The topological polar surface area (TPSA) is 130 Å². The quantitative estimate of drug-likeness (QED) is 0.499. The van der Waals surface area contributed by atoms with Gasteiger partial charge in [-0.1, -0.05) is 0 Å². The molecular weight excluding hydrogens is 276 g/mol. The van der Waals surface area contributed by atoms with E-state index in [4.69, 9.17) is 17.3 Å². The van der Waals surface area contributed by atoms with Gasteiger partial charge in [-0.15, -0.1) is 0 Å². The molecule has 2 aromatic rings. The molecule has 98 valence electrons. The summed E-state index contributed by atoms with van der Waals surface area (Å²) in [6.07, 6.45) is 1.32. The number of nitro groups is 1. The Balaban J connectivity index is 2.66. The summed E-state index contributed by atoms with van der Waals surface area (Å²) in [4.78, 5) is 28.8. The lowest BCUT2D eigenvalue weighted by molar-refractivity contribution is -0.385. The second-order valence-electron chi connectivity index (χ2n) is 3.52. The van der Waals surface area contributed by atoms with Gasteiger partial charge in [0.25, 0.3) is 5.91 Å². The average molecular weight is 283 g/mol. The van der Waals surface area contributed by atoms with E-state index in [0.717, 1.165) is 4.68 Å². The maximum atomic E-state index is 11.0. The predicted molar refractivity (Wildman–Crippen MR) is 64.1 cm³/mol. The largest absolute Gasteiger partial charge is 0.364 e. The van der Waals surface area contributed by atoms with E-state index in [1.807, 2.05) is 0 Å². The molecule has 19 heavy (non-hydrogen) atoms. The van der Waals surface area contributed by atoms with E-state index < -0.39 is 10.8 Å². The van der Waals surface area contributed by atoms with Gasteiger partial charge in [-0.2, -0.15) is 10.1 Å². The average Bonchev–Trinajstić information content (AvgIpc) is 2.76. The van der Waals surface area contributed by atoms with Crippen LogP contribution in [-0.4, -0.2) is 30.6 Å². The summed E-state index contributed by atoms with van der Waals surface area (Å²) in [5, 5.41) is 14.7. The van der Waals surface area contributed by atoms with Gasteiger partial charge >= 0.3 is 5.69 Å². The third-order valence-corrected chi connectivity index (χ3v) is 2.42. The van der Waals surface area contributed by atoms with E-state index >= 15 is 0 Å². The van der Waals surface area contributed by atoms with Crippen molar-refractivity contribution in [3.63, 3.8) is 0 Å². The minimum Gasteiger partial charge on any atom is -0.364 e. The van der Waals surface area contributed by atoms with Crippen molar-refractivity contribution in [1.29, 1.82) is 0 Å². The highest BCUT2D eigenvalue weighted by Crippen LogP contribution is 2.24. The Morgan fingerprint density at radius 1 is 1.53 bits per heavy atom. The summed E-state index contributed by atoms with van der Waals surface area (Å²) in [5.41, 5.74) is 4.76. The Hall–Kier alpha value is -2.55. The number of hydrogen-bond donors (Lipinski definition) is 1. The van der Waals surface area contributed by atoms with E-state index in [1.54, 1.807) is 0 Å². The van der Waals surface area contributed by atoms with Crippen LogP contribution in [0, 0.1) is 17.0 Å². The number of halogens is 1. The molecule has 10 heteroatoms. The lowest BCUT2D eigenvalue weighted by atomic mass is 10.3. The molecule has 2 heterocycles. The summed E-state index contributed by atoms with van der Waals surface area (Å²) in [6, 6.07) is 1.32. The Labute approximate surface area is 111 Å². The second-order valence-corrected chi connectivity index (χ2v) is 3.86. The van der Waals surface area contributed by atoms with Crippen molar-refractivity contribution in [3.05, 3.63) is 39.0 Å². The molecular formula is C9H7ClN6O3. The molecule has 2 N–H and O–H groups in total. The highest BCUT2D eigenvalue weighted by atomic mass is 35.5. The Kier molecular flexibility index (Phi) is 3.13. The van der Waals surface area contributed by atoms with Crippen LogP contribution in [0.15, 0.2) is 12.3 Å². The summed E-state index contributed by atoms with van der Waals surface area (Å²) in [7, 11) is 0. The van der Waals surface area contributed by atoms with Crippen molar-refractivity contribution in [2.45, 2.75) is 6.92 Å². The number of carbonyl (C=O) groups is 1. The highest BCUT2D eigenvalue weighted by molar-refractivity contribution is 6.28. The smallest absolute Gasteiger partial charge is 0.334 e. The van der Waals surface area contributed by atoms with Crippen LogP contribution in [0.4, 0.5) is 5.69 Å². The molecule has 0 saturated carbocycles. The van der Waals surface area contributed by atoms with Crippen molar-refractivity contribution < 1.29 is 9.72 Å². The first kappa shape index (κ1) is 12.9. The van der Waals surface area contributed by atoms with Crippen LogP contribution in [0.3, 0.4) is 0 Å². The van der Waals surface area contributed by atoms with Crippen molar-refractivity contribution in [2.75, 3.05) is 0 Å². The summed E-state index contributed by atoms with van der Waals surface area (Å²) in [5.74, 6) is -0.881. The van der Waals surface area contributed by atoms with E-state index in [1.165, 1.54) is 19.2 Å². The Morgan fingerprint density at radius 2 is 2.21 bits per heavy atom. The molecule has 0 spiro atoms. The number of carbonyl (C=O) groups excluding carboxylic acids is 1. The van der Waals surface area contributed by atoms with Crippen LogP contribution in [0.2, 0.25) is 5.28 Å². The lowest BCUT2D eigenvalue weighted by Gasteiger charge is -2.04. The zero-order valence-electron chi connectivity index (χ0n) is 9.57. The third-order valence-electron chi connectivity index (χ3n) is 2.25. The van der Waals surface area contributed by atoms with Gasteiger partial charge in [0.1, 0.15) is 11.4 Å². The first-order valence-electron chi connectivity index (χ1n) is 4.94. The number of amides is 1. The number of nitrogens with zero attached hydrogens (tertiary/aromatic N) is 5.